The summed E-state index contributed by atoms with van der Waals surface area (Å²) in [6, 6.07) is -1.27. The molecule has 1 rings (SSSR count). The molecule has 1 atom stereocenters. The summed E-state index contributed by atoms with van der Waals surface area (Å²) in [6.45, 7) is 4.02. The van der Waals surface area contributed by atoms with Crippen LogP contribution in [0.2, 0.25) is 0 Å². The lowest BCUT2D eigenvalue weighted by Crippen LogP contribution is -2.46. The molecule has 1 amide bonds. The first kappa shape index (κ1) is 18.1. The van der Waals surface area contributed by atoms with Crippen LogP contribution < -0.4 is 5.32 Å². The van der Waals surface area contributed by atoms with Crippen LogP contribution in [0.5, 0.6) is 0 Å². The number of sulfonamides is 1. The molecule has 1 heterocycles. The molecule has 1 unspecified atom stereocenters. The number of aryl methyl sites for hydroxylation is 1. The first-order valence-corrected chi connectivity index (χ1v) is 8.00. The van der Waals surface area contributed by atoms with Gasteiger partial charge in [0.25, 0.3) is 0 Å². The van der Waals surface area contributed by atoms with Gasteiger partial charge in [0.05, 0.1) is 11.9 Å². The highest BCUT2D eigenvalue weighted by molar-refractivity contribution is 7.89. The van der Waals surface area contributed by atoms with Gasteiger partial charge < -0.3 is 10.4 Å². The van der Waals surface area contributed by atoms with Crippen LogP contribution in [0.15, 0.2) is 11.1 Å². The average Bonchev–Trinajstić information content (AvgIpc) is 2.74. The molecule has 0 saturated heterocycles. The van der Waals surface area contributed by atoms with Gasteiger partial charge in [-0.3, -0.25) is 14.3 Å². The Labute approximate surface area is 129 Å². The summed E-state index contributed by atoms with van der Waals surface area (Å²) in [6.07, 6.45) is 1.19. The smallest absolute Gasteiger partial charge is 0.321 e. The molecule has 1 aromatic rings. The maximum Gasteiger partial charge on any atom is 0.321 e. The molecule has 10 heteroatoms. The molecule has 0 aliphatic rings. The van der Waals surface area contributed by atoms with E-state index >= 15 is 0 Å². The van der Waals surface area contributed by atoms with E-state index in [1.165, 1.54) is 24.7 Å². The number of rotatable bonds is 7. The average molecular weight is 332 g/mol. The van der Waals surface area contributed by atoms with Crippen LogP contribution in [-0.4, -0.2) is 58.6 Å². The molecule has 22 heavy (non-hydrogen) atoms. The zero-order valence-corrected chi connectivity index (χ0v) is 13.7. The van der Waals surface area contributed by atoms with Crippen molar-refractivity contribution in [2.45, 2.75) is 31.7 Å². The van der Waals surface area contributed by atoms with Crippen LogP contribution in [0.3, 0.4) is 0 Å². The number of hydrogen-bond donors (Lipinski definition) is 2. The van der Waals surface area contributed by atoms with Crippen molar-refractivity contribution >= 4 is 21.9 Å². The Kier molecular flexibility index (Phi) is 5.66. The van der Waals surface area contributed by atoms with E-state index < -0.39 is 22.0 Å². The number of nitrogens with one attached hydrogen (secondary N) is 1. The molecule has 0 bridgehead atoms. The zero-order valence-electron chi connectivity index (χ0n) is 12.9. The van der Waals surface area contributed by atoms with Crippen LogP contribution in [0, 0.1) is 6.92 Å². The lowest BCUT2D eigenvalue weighted by Gasteiger charge is -2.25. The maximum atomic E-state index is 12.7. The highest BCUT2D eigenvalue weighted by Gasteiger charge is 2.34. The van der Waals surface area contributed by atoms with Crippen molar-refractivity contribution in [2.75, 3.05) is 13.1 Å². The number of carbonyl (C=O) groups excluding carboxylic acids is 1. The Morgan fingerprint density at radius 1 is 1.50 bits per heavy atom. The van der Waals surface area contributed by atoms with E-state index in [1.54, 1.807) is 14.0 Å². The summed E-state index contributed by atoms with van der Waals surface area (Å²) < 4.78 is 27.6. The van der Waals surface area contributed by atoms with E-state index in [2.05, 4.69) is 10.4 Å². The van der Waals surface area contributed by atoms with E-state index in [0.29, 0.717) is 5.69 Å². The van der Waals surface area contributed by atoms with E-state index in [9.17, 15) is 18.0 Å². The lowest BCUT2D eigenvalue weighted by atomic mass is 10.3. The Morgan fingerprint density at radius 3 is 2.50 bits per heavy atom. The summed E-state index contributed by atoms with van der Waals surface area (Å²) in [5.41, 5.74) is 0.405. The fourth-order valence-corrected chi connectivity index (χ4v) is 3.62. The van der Waals surface area contributed by atoms with Crippen LogP contribution in [0.25, 0.3) is 0 Å². The van der Waals surface area contributed by atoms with Gasteiger partial charge in [-0.15, -0.1) is 0 Å². The van der Waals surface area contributed by atoms with Crippen molar-refractivity contribution in [3.63, 3.8) is 0 Å². The first-order valence-electron chi connectivity index (χ1n) is 6.56. The summed E-state index contributed by atoms with van der Waals surface area (Å²) in [5.74, 6) is -1.59. The van der Waals surface area contributed by atoms with Crippen molar-refractivity contribution in [1.82, 2.24) is 19.4 Å². The molecule has 0 spiro atoms. The standard InChI is InChI=1S/C12H20N4O5S/c1-8-11(7-14-15(8)4)22(20,21)16(9(2)12(18)19)6-5-13-10(3)17/h7,9H,5-6H2,1-4H3,(H,13,17)(H,18,19). The molecule has 0 aromatic carbocycles. The monoisotopic (exact) mass is 332 g/mol. The van der Waals surface area contributed by atoms with E-state index in [0.717, 1.165) is 4.31 Å². The first-order chi connectivity index (χ1) is 10.1. The summed E-state index contributed by atoms with van der Waals surface area (Å²) >= 11 is 0. The third kappa shape index (κ3) is 3.83. The highest BCUT2D eigenvalue weighted by Crippen LogP contribution is 2.21. The Morgan fingerprint density at radius 2 is 2.09 bits per heavy atom. The van der Waals surface area contributed by atoms with Gasteiger partial charge in [-0.25, -0.2) is 8.42 Å². The number of carbonyl (C=O) groups is 2. The van der Waals surface area contributed by atoms with Gasteiger partial charge in [0.15, 0.2) is 0 Å². The minimum Gasteiger partial charge on any atom is -0.480 e. The second-order valence-corrected chi connectivity index (χ2v) is 6.69. The predicted octanol–water partition coefficient (Wildman–Crippen LogP) is -0.672. The van der Waals surface area contributed by atoms with Crippen LogP contribution in [0.4, 0.5) is 0 Å². The zero-order chi connectivity index (χ0) is 17.1. The quantitative estimate of drug-likeness (QED) is 0.683. The fraction of sp³-hybridized carbons (Fsp3) is 0.583. The number of hydrogen-bond acceptors (Lipinski definition) is 5. The molecular formula is C12H20N4O5S. The SMILES string of the molecule is CC(=O)NCCN(C(C)C(=O)O)S(=O)(=O)c1cnn(C)c1C. The van der Waals surface area contributed by atoms with Gasteiger partial charge in [0.1, 0.15) is 10.9 Å². The van der Waals surface area contributed by atoms with E-state index in [-0.39, 0.29) is 23.9 Å². The number of nitrogens with zero attached hydrogens (tertiary/aromatic N) is 3. The number of carboxylic acids is 1. The van der Waals surface area contributed by atoms with Crippen molar-refractivity contribution in [1.29, 1.82) is 0 Å². The third-order valence-corrected chi connectivity index (χ3v) is 5.35. The molecule has 124 valence electrons. The predicted molar refractivity (Wildman–Crippen MR) is 77.6 cm³/mol. The van der Waals surface area contributed by atoms with Crippen molar-refractivity contribution < 1.29 is 23.1 Å². The maximum absolute atomic E-state index is 12.7. The van der Waals surface area contributed by atoms with Gasteiger partial charge >= 0.3 is 5.97 Å². The number of carboxylic acid groups (broad SMARTS) is 1. The Bertz CT molecular complexity index is 667. The van der Waals surface area contributed by atoms with E-state index in [4.69, 9.17) is 5.11 Å². The van der Waals surface area contributed by atoms with Gasteiger partial charge in [-0.05, 0) is 13.8 Å². The molecule has 0 saturated carbocycles. The highest BCUT2D eigenvalue weighted by atomic mass is 32.2. The minimum atomic E-state index is -4.04. The van der Waals surface area contributed by atoms with Crippen molar-refractivity contribution in [3.05, 3.63) is 11.9 Å². The number of aromatic nitrogens is 2. The second kappa shape index (κ2) is 6.88. The van der Waals surface area contributed by atoms with Crippen LogP contribution in [-0.2, 0) is 26.7 Å². The van der Waals surface area contributed by atoms with Gasteiger partial charge in [0, 0.05) is 27.1 Å². The van der Waals surface area contributed by atoms with Gasteiger partial charge in [0.2, 0.25) is 15.9 Å². The molecule has 0 aliphatic carbocycles. The van der Waals surface area contributed by atoms with Gasteiger partial charge in [-0.1, -0.05) is 0 Å². The van der Waals surface area contributed by atoms with Crippen molar-refractivity contribution in [3.8, 4) is 0 Å². The second-order valence-electron chi connectivity index (χ2n) is 4.83. The minimum absolute atomic E-state index is 0.0193. The summed E-state index contributed by atoms with van der Waals surface area (Å²) in [7, 11) is -2.44. The Hall–Kier alpha value is -1.94. The molecular weight excluding hydrogens is 312 g/mol. The normalized spacial score (nSPS) is 13.1. The van der Waals surface area contributed by atoms with Crippen LogP contribution >= 0.6 is 0 Å². The molecule has 2 N–H and O–H groups in total. The number of aliphatic carboxylic acids is 1. The lowest BCUT2D eigenvalue weighted by molar-refractivity contribution is -0.140. The topological polar surface area (TPSA) is 122 Å². The third-order valence-electron chi connectivity index (χ3n) is 3.27. The summed E-state index contributed by atoms with van der Waals surface area (Å²) in [5, 5.41) is 15.5. The van der Waals surface area contributed by atoms with Crippen LogP contribution in [0.1, 0.15) is 19.5 Å². The fourth-order valence-electron chi connectivity index (χ4n) is 1.85. The van der Waals surface area contributed by atoms with E-state index in [1.807, 2.05) is 0 Å². The van der Waals surface area contributed by atoms with Crippen molar-refractivity contribution in [2.24, 2.45) is 7.05 Å². The largest absolute Gasteiger partial charge is 0.480 e. The molecule has 0 radical (unpaired) electrons. The number of amides is 1. The molecule has 0 fully saturated rings. The molecule has 9 nitrogen and oxygen atoms in total. The summed E-state index contributed by atoms with van der Waals surface area (Å²) in [4.78, 5) is 22.0. The molecule has 1 aromatic heterocycles. The van der Waals surface area contributed by atoms with Gasteiger partial charge in [-0.2, -0.15) is 9.40 Å². The molecule has 0 aliphatic heterocycles. The Balaban J connectivity index is 3.16.